The molecule has 1 atom stereocenters. The molecule has 0 saturated carbocycles. The zero-order valence-corrected chi connectivity index (χ0v) is 12.3. The normalized spacial score (nSPS) is 26.6. The maximum Gasteiger partial charge on any atom is 0.303 e. The SMILES string of the molecule is CS(=O)(=O)N1CCC2(CC1)C[C@H](CCC(=O)O)NC2=O. The number of piperidine rings is 1. The molecule has 2 heterocycles. The molecule has 1 spiro atoms. The fraction of sp³-hybridized carbons (Fsp3) is 0.833. The summed E-state index contributed by atoms with van der Waals surface area (Å²) in [5.74, 6) is -0.923. The van der Waals surface area contributed by atoms with E-state index in [1.807, 2.05) is 0 Å². The number of nitrogens with one attached hydrogen (secondary N) is 1. The molecular formula is C12H20N2O5S. The highest BCUT2D eigenvalue weighted by Gasteiger charge is 2.48. The van der Waals surface area contributed by atoms with E-state index >= 15 is 0 Å². The lowest BCUT2D eigenvalue weighted by atomic mass is 9.76. The van der Waals surface area contributed by atoms with Crippen LogP contribution in [-0.4, -0.2) is 55.1 Å². The van der Waals surface area contributed by atoms with Crippen molar-refractivity contribution in [1.29, 1.82) is 0 Å². The molecule has 0 aliphatic carbocycles. The van der Waals surface area contributed by atoms with Crippen LogP contribution in [0.15, 0.2) is 0 Å². The first-order valence-electron chi connectivity index (χ1n) is 6.71. The van der Waals surface area contributed by atoms with Crippen LogP contribution in [0.25, 0.3) is 0 Å². The number of hydrogen-bond acceptors (Lipinski definition) is 4. The van der Waals surface area contributed by atoms with E-state index in [1.165, 1.54) is 10.6 Å². The van der Waals surface area contributed by atoms with Crippen LogP contribution >= 0.6 is 0 Å². The van der Waals surface area contributed by atoms with E-state index in [9.17, 15) is 18.0 Å². The number of carbonyl (C=O) groups is 2. The fourth-order valence-corrected chi connectivity index (χ4v) is 3.95. The molecule has 7 nitrogen and oxygen atoms in total. The molecule has 0 unspecified atom stereocenters. The van der Waals surface area contributed by atoms with Crippen LogP contribution in [0.5, 0.6) is 0 Å². The van der Waals surface area contributed by atoms with E-state index < -0.39 is 21.4 Å². The summed E-state index contributed by atoms with van der Waals surface area (Å²) < 4.78 is 24.3. The molecule has 0 bridgehead atoms. The first-order chi connectivity index (χ1) is 9.23. The van der Waals surface area contributed by atoms with E-state index in [-0.39, 0.29) is 18.4 Å². The summed E-state index contributed by atoms with van der Waals surface area (Å²) in [7, 11) is -3.20. The van der Waals surface area contributed by atoms with Gasteiger partial charge in [-0.2, -0.15) is 0 Å². The molecule has 2 fully saturated rings. The maximum absolute atomic E-state index is 12.1. The van der Waals surface area contributed by atoms with Crippen molar-refractivity contribution < 1.29 is 23.1 Å². The minimum absolute atomic E-state index is 0.0382. The van der Waals surface area contributed by atoms with Gasteiger partial charge in [0, 0.05) is 25.6 Å². The highest BCUT2D eigenvalue weighted by Crippen LogP contribution is 2.41. The number of sulfonamides is 1. The highest BCUT2D eigenvalue weighted by atomic mass is 32.2. The van der Waals surface area contributed by atoms with Gasteiger partial charge in [0.05, 0.1) is 11.7 Å². The predicted octanol–water partition coefficient (Wildman–Crippen LogP) is -0.218. The largest absolute Gasteiger partial charge is 0.481 e. The second-order valence-electron chi connectivity index (χ2n) is 5.75. The van der Waals surface area contributed by atoms with Gasteiger partial charge in [0.2, 0.25) is 15.9 Å². The monoisotopic (exact) mass is 304 g/mol. The summed E-state index contributed by atoms with van der Waals surface area (Å²) in [4.78, 5) is 22.7. The zero-order chi connectivity index (χ0) is 15.0. The van der Waals surface area contributed by atoms with E-state index in [1.54, 1.807) is 0 Å². The van der Waals surface area contributed by atoms with Crippen LogP contribution in [0.3, 0.4) is 0 Å². The van der Waals surface area contributed by atoms with Crippen molar-refractivity contribution in [3.8, 4) is 0 Å². The van der Waals surface area contributed by atoms with Gasteiger partial charge in [-0.25, -0.2) is 12.7 Å². The Morgan fingerprint density at radius 2 is 2.05 bits per heavy atom. The molecule has 20 heavy (non-hydrogen) atoms. The molecule has 8 heteroatoms. The molecular weight excluding hydrogens is 284 g/mol. The molecule has 0 aromatic carbocycles. The van der Waals surface area contributed by atoms with Crippen LogP contribution in [0, 0.1) is 5.41 Å². The summed E-state index contributed by atoms with van der Waals surface area (Å²) in [6, 6.07) is -0.108. The third-order valence-corrected chi connectivity index (χ3v) is 5.61. The Morgan fingerprint density at radius 3 is 2.55 bits per heavy atom. The third-order valence-electron chi connectivity index (χ3n) is 4.31. The Morgan fingerprint density at radius 1 is 1.45 bits per heavy atom. The van der Waals surface area contributed by atoms with Crippen LogP contribution in [-0.2, 0) is 19.6 Å². The average Bonchev–Trinajstić information content (AvgIpc) is 2.63. The molecule has 2 aliphatic rings. The number of amides is 1. The second kappa shape index (κ2) is 5.33. The lowest BCUT2D eigenvalue weighted by Gasteiger charge is -2.36. The maximum atomic E-state index is 12.1. The minimum atomic E-state index is -3.20. The Labute approximate surface area is 118 Å². The van der Waals surface area contributed by atoms with Gasteiger partial charge in [-0.15, -0.1) is 0 Å². The van der Waals surface area contributed by atoms with Crippen molar-refractivity contribution in [1.82, 2.24) is 9.62 Å². The molecule has 2 rings (SSSR count). The molecule has 1 amide bonds. The van der Waals surface area contributed by atoms with Crippen LogP contribution in [0.1, 0.15) is 32.1 Å². The van der Waals surface area contributed by atoms with Crippen molar-refractivity contribution in [2.45, 2.75) is 38.1 Å². The van der Waals surface area contributed by atoms with Crippen LogP contribution in [0.2, 0.25) is 0 Å². The molecule has 2 aliphatic heterocycles. The van der Waals surface area contributed by atoms with E-state index in [0.717, 1.165) is 0 Å². The second-order valence-corrected chi connectivity index (χ2v) is 7.73. The Hall–Kier alpha value is -1.15. The van der Waals surface area contributed by atoms with Gasteiger partial charge in [-0.05, 0) is 25.7 Å². The van der Waals surface area contributed by atoms with Crippen LogP contribution < -0.4 is 5.32 Å². The van der Waals surface area contributed by atoms with Crippen molar-refractivity contribution in [2.75, 3.05) is 19.3 Å². The smallest absolute Gasteiger partial charge is 0.303 e. The van der Waals surface area contributed by atoms with E-state index in [2.05, 4.69) is 5.32 Å². The topological polar surface area (TPSA) is 104 Å². The Bertz CT molecular complexity index is 508. The first-order valence-corrected chi connectivity index (χ1v) is 8.56. The third kappa shape index (κ3) is 3.12. The van der Waals surface area contributed by atoms with Crippen molar-refractivity contribution >= 4 is 21.9 Å². The summed E-state index contributed by atoms with van der Waals surface area (Å²) in [6.07, 6.45) is 3.27. The van der Waals surface area contributed by atoms with Gasteiger partial charge in [-0.3, -0.25) is 9.59 Å². The molecule has 0 radical (unpaired) electrons. The number of aliphatic carboxylic acids is 1. The summed E-state index contributed by atoms with van der Waals surface area (Å²) >= 11 is 0. The number of carbonyl (C=O) groups excluding carboxylic acids is 1. The van der Waals surface area contributed by atoms with Gasteiger partial charge >= 0.3 is 5.97 Å². The lowest BCUT2D eigenvalue weighted by Crippen LogP contribution is -2.45. The highest BCUT2D eigenvalue weighted by molar-refractivity contribution is 7.88. The zero-order valence-electron chi connectivity index (χ0n) is 11.5. The quantitative estimate of drug-likeness (QED) is 0.747. The van der Waals surface area contributed by atoms with Gasteiger partial charge in [0.1, 0.15) is 0 Å². The summed E-state index contributed by atoms with van der Waals surface area (Å²) in [5.41, 5.74) is -0.510. The number of hydrogen-bond donors (Lipinski definition) is 2. The number of nitrogens with zero attached hydrogens (tertiary/aromatic N) is 1. The van der Waals surface area contributed by atoms with E-state index in [4.69, 9.17) is 5.11 Å². The predicted molar refractivity (Wildman–Crippen MR) is 71.5 cm³/mol. The van der Waals surface area contributed by atoms with Gasteiger partial charge in [-0.1, -0.05) is 0 Å². The first kappa shape index (κ1) is 15.2. The summed E-state index contributed by atoms with van der Waals surface area (Å²) in [5, 5.41) is 11.5. The number of carboxylic acid groups (broad SMARTS) is 1. The van der Waals surface area contributed by atoms with E-state index in [0.29, 0.717) is 38.8 Å². The number of rotatable bonds is 4. The minimum Gasteiger partial charge on any atom is -0.481 e. The lowest BCUT2D eigenvalue weighted by molar-refractivity contribution is -0.137. The molecule has 114 valence electrons. The van der Waals surface area contributed by atoms with Gasteiger partial charge in [0.25, 0.3) is 0 Å². The Kier molecular flexibility index (Phi) is 4.06. The van der Waals surface area contributed by atoms with Gasteiger partial charge in [0.15, 0.2) is 0 Å². The van der Waals surface area contributed by atoms with Crippen molar-refractivity contribution in [3.63, 3.8) is 0 Å². The number of carboxylic acids is 1. The average molecular weight is 304 g/mol. The van der Waals surface area contributed by atoms with Crippen molar-refractivity contribution in [2.24, 2.45) is 5.41 Å². The molecule has 2 N–H and O–H groups in total. The van der Waals surface area contributed by atoms with Crippen molar-refractivity contribution in [3.05, 3.63) is 0 Å². The summed E-state index contributed by atoms with van der Waals surface area (Å²) in [6.45, 7) is 0.718. The molecule has 2 saturated heterocycles. The fourth-order valence-electron chi connectivity index (χ4n) is 3.10. The Balaban J connectivity index is 1.96. The molecule has 0 aromatic rings. The van der Waals surface area contributed by atoms with Gasteiger partial charge < -0.3 is 10.4 Å². The van der Waals surface area contributed by atoms with Crippen LogP contribution in [0.4, 0.5) is 0 Å². The molecule has 0 aromatic heterocycles. The standard InChI is InChI=1S/C12H20N2O5S/c1-20(18,19)14-6-4-12(5-7-14)8-9(13-11(12)17)2-3-10(15)16/h9H,2-8H2,1H3,(H,13,17)(H,15,16)/t9-/m0/s1.